The zero-order valence-corrected chi connectivity index (χ0v) is 22.2. The van der Waals surface area contributed by atoms with E-state index in [1.807, 2.05) is 42.5 Å². The van der Waals surface area contributed by atoms with Gasteiger partial charge < -0.3 is 14.6 Å². The number of benzene rings is 3. The minimum Gasteiger partial charge on any atom is -0.497 e. The van der Waals surface area contributed by atoms with Gasteiger partial charge in [0.25, 0.3) is 0 Å². The average molecular weight is 511 g/mol. The second-order valence-electron chi connectivity index (χ2n) is 9.36. The van der Waals surface area contributed by atoms with Crippen molar-refractivity contribution in [2.75, 3.05) is 7.11 Å². The normalized spacial score (nSPS) is 12.6. The Hall–Kier alpha value is -2.99. The van der Waals surface area contributed by atoms with Gasteiger partial charge in [-0.25, -0.2) is 4.39 Å². The third-order valence-corrected chi connectivity index (χ3v) is 6.73. The highest BCUT2D eigenvalue weighted by Gasteiger charge is 2.14. The highest BCUT2D eigenvalue weighted by molar-refractivity contribution is 8.00. The number of rotatable bonds is 10. The van der Waals surface area contributed by atoms with Crippen molar-refractivity contribution in [2.45, 2.75) is 63.2 Å². The van der Waals surface area contributed by atoms with E-state index in [1.165, 1.54) is 18.9 Å². The van der Waals surface area contributed by atoms with Crippen LogP contribution in [0.2, 0.25) is 0 Å². The summed E-state index contributed by atoms with van der Waals surface area (Å²) in [6.07, 6.45) is 3.52. The number of halogens is 1. The summed E-state index contributed by atoms with van der Waals surface area (Å²) in [7, 11) is 1.57. The lowest BCUT2D eigenvalue weighted by Crippen LogP contribution is -2.00. The summed E-state index contributed by atoms with van der Waals surface area (Å²) in [5.74, 6) is 1.27. The molecular formula is C30H35FO4S. The first-order valence-electron chi connectivity index (χ1n) is 12.3. The fourth-order valence-electron chi connectivity index (χ4n) is 3.44. The van der Waals surface area contributed by atoms with E-state index < -0.39 is 5.97 Å². The molecule has 3 aromatic rings. The van der Waals surface area contributed by atoms with Crippen molar-refractivity contribution in [3.63, 3.8) is 0 Å². The molecule has 0 heterocycles. The molecule has 4 nitrogen and oxygen atoms in total. The van der Waals surface area contributed by atoms with E-state index in [0.717, 1.165) is 27.5 Å². The van der Waals surface area contributed by atoms with E-state index in [0.29, 0.717) is 35.3 Å². The number of aliphatic carboxylic acids is 1. The van der Waals surface area contributed by atoms with Crippen LogP contribution in [0.3, 0.4) is 0 Å². The SMILES string of the molecule is CC1CC1.COc1ccc(F)c(-c2ccc(COc3cccc(CCC(=O)O)c3)cc2SC(C)C)c1. The van der Waals surface area contributed by atoms with Gasteiger partial charge in [-0.1, -0.05) is 57.9 Å². The van der Waals surface area contributed by atoms with E-state index in [2.05, 4.69) is 20.8 Å². The third-order valence-electron chi connectivity index (χ3n) is 5.67. The van der Waals surface area contributed by atoms with E-state index in [4.69, 9.17) is 14.6 Å². The van der Waals surface area contributed by atoms with Gasteiger partial charge in [-0.05, 0) is 65.4 Å². The van der Waals surface area contributed by atoms with Crippen molar-refractivity contribution in [3.8, 4) is 22.6 Å². The van der Waals surface area contributed by atoms with Crippen LogP contribution < -0.4 is 9.47 Å². The fourth-order valence-corrected chi connectivity index (χ4v) is 4.48. The van der Waals surface area contributed by atoms with Gasteiger partial charge >= 0.3 is 5.97 Å². The molecule has 0 unspecified atom stereocenters. The molecule has 6 heteroatoms. The van der Waals surface area contributed by atoms with Gasteiger partial charge in [0.15, 0.2) is 0 Å². The first-order valence-corrected chi connectivity index (χ1v) is 13.2. The summed E-state index contributed by atoms with van der Waals surface area (Å²) in [5.41, 5.74) is 3.21. The highest BCUT2D eigenvalue weighted by Crippen LogP contribution is 2.37. The molecule has 0 aromatic heterocycles. The van der Waals surface area contributed by atoms with Crippen LogP contribution in [0.1, 0.15) is 51.2 Å². The first-order chi connectivity index (χ1) is 17.2. The standard InChI is InChI=1S/C26H27FO4S.C4H8/c1-17(2)32-25-14-19(7-10-22(25)23-15-20(30-3)9-11-24(23)27)16-31-21-6-4-5-18(13-21)8-12-26(28)29;1-4-2-3-4/h4-7,9-11,13-15,17H,8,12,16H2,1-3H3,(H,28,29);4H,2-3H2,1H3. The topological polar surface area (TPSA) is 55.8 Å². The number of aryl methyl sites for hydroxylation is 1. The molecule has 0 saturated heterocycles. The molecule has 0 radical (unpaired) electrons. The number of ether oxygens (including phenoxy) is 2. The molecule has 3 aromatic carbocycles. The summed E-state index contributed by atoms with van der Waals surface area (Å²) in [4.78, 5) is 11.8. The van der Waals surface area contributed by atoms with Gasteiger partial charge in [-0.3, -0.25) is 4.79 Å². The molecule has 1 fully saturated rings. The highest BCUT2D eigenvalue weighted by atomic mass is 32.2. The lowest BCUT2D eigenvalue weighted by molar-refractivity contribution is -0.136. The number of carboxylic acid groups (broad SMARTS) is 1. The van der Waals surface area contributed by atoms with Crippen LogP contribution in [-0.4, -0.2) is 23.4 Å². The van der Waals surface area contributed by atoms with Gasteiger partial charge in [-0.15, -0.1) is 11.8 Å². The van der Waals surface area contributed by atoms with E-state index in [-0.39, 0.29) is 12.2 Å². The van der Waals surface area contributed by atoms with Gasteiger partial charge in [0, 0.05) is 22.1 Å². The maximum atomic E-state index is 14.6. The maximum absolute atomic E-state index is 14.6. The molecule has 36 heavy (non-hydrogen) atoms. The molecular weight excluding hydrogens is 475 g/mol. The van der Waals surface area contributed by atoms with Crippen molar-refractivity contribution in [3.05, 3.63) is 77.6 Å². The van der Waals surface area contributed by atoms with Crippen LogP contribution in [-0.2, 0) is 17.8 Å². The Morgan fingerprint density at radius 2 is 1.78 bits per heavy atom. The van der Waals surface area contributed by atoms with Crippen molar-refractivity contribution >= 4 is 17.7 Å². The van der Waals surface area contributed by atoms with Gasteiger partial charge in [0.1, 0.15) is 23.9 Å². The second-order valence-corrected chi connectivity index (χ2v) is 11.0. The lowest BCUT2D eigenvalue weighted by Gasteiger charge is -2.15. The number of methoxy groups -OCH3 is 1. The Labute approximate surface area is 217 Å². The number of thioether (sulfide) groups is 1. The van der Waals surface area contributed by atoms with Gasteiger partial charge in [-0.2, -0.15) is 0 Å². The van der Waals surface area contributed by atoms with Gasteiger partial charge in [0.05, 0.1) is 7.11 Å². The van der Waals surface area contributed by atoms with Crippen LogP contribution in [0.5, 0.6) is 11.5 Å². The minimum absolute atomic E-state index is 0.0849. The van der Waals surface area contributed by atoms with Crippen LogP contribution in [0.15, 0.2) is 65.6 Å². The predicted octanol–water partition coefficient (Wildman–Crippen LogP) is 8.01. The third kappa shape index (κ3) is 8.90. The minimum atomic E-state index is -0.820. The molecule has 0 bridgehead atoms. The molecule has 0 aliphatic heterocycles. The molecule has 192 valence electrons. The van der Waals surface area contributed by atoms with Crippen LogP contribution in [0.4, 0.5) is 4.39 Å². The van der Waals surface area contributed by atoms with Crippen LogP contribution >= 0.6 is 11.8 Å². The van der Waals surface area contributed by atoms with E-state index in [9.17, 15) is 9.18 Å². The first kappa shape index (κ1) is 27.6. The Morgan fingerprint density at radius 3 is 2.42 bits per heavy atom. The van der Waals surface area contributed by atoms with Crippen LogP contribution in [0, 0.1) is 11.7 Å². The summed E-state index contributed by atoms with van der Waals surface area (Å²) in [6.45, 7) is 6.83. The maximum Gasteiger partial charge on any atom is 0.303 e. The van der Waals surface area contributed by atoms with Crippen molar-refractivity contribution < 1.29 is 23.8 Å². The Balaban J connectivity index is 0.000000819. The number of hydrogen-bond acceptors (Lipinski definition) is 4. The summed E-state index contributed by atoms with van der Waals surface area (Å²) < 4.78 is 25.8. The molecule has 4 rings (SSSR count). The molecule has 0 spiro atoms. The lowest BCUT2D eigenvalue weighted by atomic mass is 10.0. The number of carboxylic acids is 1. The molecule has 1 saturated carbocycles. The average Bonchev–Trinajstić information content (AvgIpc) is 3.64. The fraction of sp³-hybridized carbons (Fsp3) is 0.367. The monoisotopic (exact) mass is 510 g/mol. The van der Waals surface area contributed by atoms with E-state index in [1.54, 1.807) is 31.0 Å². The summed E-state index contributed by atoms with van der Waals surface area (Å²) in [5, 5.41) is 9.20. The molecule has 0 amide bonds. The number of hydrogen-bond donors (Lipinski definition) is 1. The Morgan fingerprint density at radius 1 is 1.03 bits per heavy atom. The Kier molecular flexibility index (Phi) is 10.2. The van der Waals surface area contributed by atoms with Gasteiger partial charge in [0.2, 0.25) is 0 Å². The van der Waals surface area contributed by atoms with Crippen molar-refractivity contribution in [2.24, 2.45) is 5.92 Å². The van der Waals surface area contributed by atoms with Crippen LogP contribution in [0.25, 0.3) is 11.1 Å². The smallest absolute Gasteiger partial charge is 0.303 e. The summed E-state index contributed by atoms with van der Waals surface area (Å²) in [6, 6.07) is 18.1. The molecule has 1 aliphatic carbocycles. The number of carbonyl (C=O) groups is 1. The molecule has 1 aliphatic rings. The zero-order valence-electron chi connectivity index (χ0n) is 21.4. The van der Waals surface area contributed by atoms with Crippen molar-refractivity contribution in [1.82, 2.24) is 0 Å². The predicted molar refractivity (Wildman–Crippen MR) is 145 cm³/mol. The van der Waals surface area contributed by atoms with E-state index >= 15 is 0 Å². The zero-order chi connectivity index (χ0) is 26.1. The largest absolute Gasteiger partial charge is 0.497 e. The van der Waals surface area contributed by atoms with Crippen molar-refractivity contribution in [1.29, 1.82) is 0 Å². The Bertz CT molecular complexity index is 1160. The quantitative estimate of drug-likeness (QED) is 0.280. The molecule has 0 atom stereocenters. The molecule has 1 N–H and O–H groups in total. The second kappa shape index (κ2) is 13.4. The summed E-state index contributed by atoms with van der Waals surface area (Å²) >= 11 is 1.67.